The number of methoxy groups -OCH3 is 1. The number of carbonyl (C=O) groups excluding carboxylic acids is 4. The van der Waals surface area contributed by atoms with Gasteiger partial charge in [-0.25, -0.2) is 9.69 Å². The minimum atomic E-state index is -0.975. The summed E-state index contributed by atoms with van der Waals surface area (Å²) in [6.45, 7) is -0.638. The number of nitro benzene ring substituents is 1. The van der Waals surface area contributed by atoms with Crippen LogP contribution in [0.1, 0.15) is 41.4 Å². The van der Waals surface area contributed by atoms with Crippen LogP contribution in [-0.4, -0.2) is 42.2 Å². The third-order valence-electron chi connectivity index (χ3n) is 5.40. The van der Waals surface area contributed by atoms with Crippen LogP contribution in [0, 0.1) is 10.1 Å². The highest BCUT2D eigenvalue weighted by molar-refractivity contribution is 6.42. The Morgan fingerprint density at radius 2 is 1.70 bits per heavy atom. The molecule has 0 fully saturated rings. The molecule has 37 heavy (non-hydrogen) atoms. The number of hydrogen-bond acceptors (Lipinski definition) is 8. The summed E-state index contributed by atoms with van der Waals surface area (Å²) < 4.78 is 10.3. The van der Waals surface area contributed by atoms with Crippen LogP contribution in [-0.2, 0) is 4.74 Å². The fourth-order valence-electron chi connectivity index (χ4n) is 3.64. The van der Waals surface area contributed by atoms with Gasteiger partial charge in [-0.2, -0.15) is 0 Å². The minimum Gasteiger partial charge on any atom is -0.496 e. The summed E-state index contributed by atoms with van der Waals surface area (Å²) >= 11 is 18.1. The maximum absolute atomic E-state index is 13.0. The second-order valence-corrected chi connectivity index (χ2v) is 8.76. The maximum Gasteiger partial charge on any atom is 0.342 e. The van der Waals surface area contributed by atoms with Crippen molar-refractivity contribution in [2.45, 2.75) is 0 Å². The molecule has 10 nitrogen and oxygen atoms in total. The van der Waals surface area contributed by atoms with E-state index >= 15 is 0 Å². The molecule has 0 aromatic heterocycles. The van der Waals surface area contributed by atoms with Crippen molar-refractivity contribution in [3.05, 3.63) is 96.0 Å². The lowest BCUT2D eigenvalue weighted by Gasteiger charge is -2.18. The summed E-state index contributed by atoms with van der Waals surface area (Å²) in [5.74, 6) is -3.45. The van der Waals surface area contributed by atoms with E-state index in [4.69, 9.17) is 44.3 Å². The number of ketones is 1. The van der Waals surface area contributed by atoms with Gasteiger partial charge in [0.05, 0.1) is 38.4 Å². The highest BCUT2D eigenvalue weighted by atomic mass is 35.5. The lowest BCUT2D eigenvalue weighted by molar-refractivity contribution is -0.385. The first kappa shape index (κ1) is 26.1. The van der Waals surface area contributed by atoms with E-state index in [1.807, 2.05) is 0 Å². The summed E-state index contributed by atoms with van der Waals surface area (Å²) in [7, 11) is 1.22. The molecule has 188 valence electrons. The van der Waals surface area contributed by atoms with Gasteiger partial charge in [0.2, 0.25) is 0 Å². The van der Waals surface area contributed by atoms with Gasteiger partial charge in [0.15, 0.2) is 12.4 Å². The zero-order valence-electron chi connectivity index (χ0n) is 18.6. The smallest absolute Gasteiger partial charge is 0.342 e. The third kappa shape index (κ3) is 4.74. The largest absolute Gasteiger partial charge is 0.496 e. The average Bonchev–Trinajstić information content (AvgIpc) is 3.13. The van der Waals surface area contributed by atoms with E-state index in [1.165, 1.54) is 37.4 Å². The van der Waals surface area contributed by atoms with Crippen molar-refractivity contribution < 1.29 is 33.6 Å². The van der Waals surface area contributed by atoms with Crippen LogP contribution < -0.4 is 9.64 Å². The number of esters is 1. The van der Waals surface area contributed by atoms with Crippen molar-refractivity contribution in [3.8, 4) is 5.75 Å². The summed E-state index contributed by atoms with van der Waals surface area (Å²) in [5, 5.41) is 11.5. The Kier molecular flexibility index (Phi) is 7.17. The number of rotatable bonds is 7. The molecule has 0 bridgehead atoms. The number of anilines is 1. The molecule has 1 aliphatic heterocycles. The van der Waals surface area contributed by atoms with E-state index in [0.717, 1.165) is 18.2 Å². The fraction of sp³-hybridized carbons (Fsp3) is 0.0833. The first-order chi connectivity index (χ1) is 17.5. The summed E-state index contributed by atoms with van der Waals surface area (Å²) in [4.78, 5) is 62.3. The van der Waals surface area contributed by atoms with Crippen LogP contribution >= 0.6 is 34.8 Å². The molecule has 3 aromatic rings. The number of carbonyl (C=O) groups is 4. The molecular weight excluding hydrogens is 551 g/mol. The highest BCUT2D eigenvalue weighted by Crippen LogP contribution is 2.40. The minimum absolute atomic E-state index is 0.127. The normalized spacial score (nSPS) is 12.4. The lowest BCUT2D eigenvalue weighted by Crippen LogP contribution is -2.30. The van der Waals surface area contributed by atoms with E-state index in [2.05, 4.69) is 0 Å². The van der Waals surface area contributed by atoms with Gasteiger partial charge < -0.3 is 9.47 Å². The fourth-order valence-corrected chi connectivity index (χ4v) is 4.19. The van der Waals surface area contributed by atoms with Crippen molar-refractivity contribution in [1.82, 2.24) is 0 Å². The number of amides is 2. The second-order valence-electron chi connectivity index (χ2n) is 7.53. The molecule has 0 saturated heterocycles. The standard InChI is InChI=1S/C24H13Cl3N2O8/c1-36-20-9-18(28-22(31)12-3-2-4-17(29(34)35)21(12)23(28)32)16(27)8-13(20)24(33)37-10-19(30)11-5-6-14(25)15(26)7-11/h2-9H,10H2,1H3. The lowest BCUT2D eigenvalue weighted by atomic mass is 10.1. The summed E-state index contributed by atoms with van der Waals surface area (Å²) in [5.41, 5.74) is -1.27. The predicted molar refractivity (Wildman–Crippen MR) is 133 cm³/mol. The van der Waals surface area contributed by atoms with E-state index in [-0.39, 0.29) is 48.8 Å². The van der Waals surface area contributed by atoms with Crippen molar-refractivity contribution in [2.24, 2.45) is 0 Å². The third-order valence-corrected chi connectivity index (χ3v) is 6.44. The van der Waals surface area contributed by atoms with Gasteiger partial charge in [-0.1, -0.05) is 40.9 Å². The number of Topliss-reactive ketones (excluding diaryl/α,β-unsaturated/α-hetero) is 1. The number of nitrogens with zero attached hydrogens (tertiary/aromatic N) is 2. The number of imide groups is 1. The summed E-state index contributed by atoms with van der Waals surface area (Å²) in [6.07, 6.45) is 0. The molecule has 13 heteroatoms. The Hall–Kier alpha value is -3.99. The van der Waals surface area contributed by atoms with Gasteiger partial charge >= 0.3 is 5.97 Å². The molecule has 3 aromatic carbocycles. The monoisotopic (exact) mass is 562 g/mol. The van der Waals surface area contributed by atoms with E-state index < -0.39 is 40.8 Å². The van der Waals surface area contributed by atoms with E-state index in [0.29, 0.717) is 4.90 Å². The molecule has 0 atom stereocenters. The number of benzene rings is 3. The topological polar surface area (TPSA) is 133 Å². The average molecular weight is 564 g/mol. The van der Waals surface area contributed by atoms with Crippen LogP contribution in [0.5, 0.6) is 5.75 Å². The Balaban J connectivity index is 1.61. The van der Waals surface area contributed by atoms with Gasteiger partial charge in [-0.15, -0.1) is 0 Å². The first-order valence-corrected chi connectivity index (χ1v) is 11.4. The van der Waals surface area contributed by atoms with Gasteiger partial charge in [0, 0.05) is 17.7 Å². The van der Waals surface area contributed by atoms with Crippen LogP contribution in [0.25, 0.3) is 0 Å². The summed E-state index contributed by atoms with van der Waals surface area (Å²) in [6, 6.07) is 10.1. The molecular formula is C24H13Cl3N2O8. The van der Waals surface area contributed by atoms with Crippen LogP contribution in [0.15, 0.2) is 48.5 Å². The van der Waals surface area contributed by atoms with E-state index in [9.17, 15) is 29.3 Å². The van der Waals surface area contributed by atoms with Crippen LogP contribution in [0.3, 0.4) is 0 Å². The zero-order valence-corrected chi connectivity index (χ0v) is 20.9. The van der Waals surface area contributed by atoms with Crippen molar-refractivity contribution in [1.29, 1.82) is 0 Å². The zero-order chi connectivity index (χ0) is 27.0. The second kappa shape index (κ2) is 10.2. The molecule has 1 heterocycles. The van der Waals surface area contributed by atoms with Gasteiger partial charge in [-0.05, 0) is 30.3 Å². The number of fused-ring (bicyclic) bond motifs is 1. The van der Waals surface area contributed by atoms with Crippen LogP contribution in [0.4, 0.5) is 11.4 Å². The van der Waals surface area contributed by atoms with Crippen molar-refractivity contribution in [3.63, 3.8) is 0 Å². The Morgan fingerprint density at radius 3 is 2.35 bits per heavy atom. The molecule has 0 spiro atoms. The molecule has 0 radical (unpaired) electrons. The molecule has 0 unspecified atom stereocenters. The van der Waals surface area contributed by atoms with Crippen molar-refractivity contribution in [2.75, 3.05) is 18.6 Å². The maximum atomic E-state index is 13.0. The Morgan fingerprint density at radius 1 is 0.973 bits per heavy atom. The molecule has 0 N–H and O–H groups in total. The number of halogens is 3. The van der Waals surface area contributed by atoms with Gasteiger partial charge in [-0.3, -0.25) is 24.5 Å². The SMILES string of the molecule is COc1cc(N2C(=O)c3cccc([N+](=O)[O-])c3C2=O)c(Cl)cc1C(=O)OCC(=O)c1ccc(Cl)c(Cl)c1. The highest BCUT2D eigenvalue weighted by Gasteiger charge is 2.43. The molecule has 4 rings (SSSR count). The first-order valence-electron chi connectivity index (χ1n) is 10.2. The molecule has 1 aliphatic rings. The number of ether oxygens (including phenoxy) is 2. The quantitative estimate of drug-likeness (QED) is 0.123. The van der Waals surface area contributed by atoms with E-state index in [1.54, 1.807) is 0 Å². The molecule has 0 saturated carbocycles. The number of hydrogen-bond donors (Lipinski definition) is 0. The van der Waals surface area contributed by atoms with Crippen molar-refractivity contribution >= 4 is 69.7 Å². The Bertz CT molecular complexity index is 1520. The van der Waals surface area contributed by atoms with Gasteiger partial charge in [0.25, 0.3) is 17.5 Å². The Labute approximate surface area is 223 Å². The number of nitro groups is 1. The molecule has 0 aliphatic carbocycles. The predicted octanol–water partition coefficient (Wildman–Crippen LogP) is 5.40. The van der Waals surface area contributed by atoms with Gasteiger partial charge in [0.1, 0.15) is 16.9 Å². The van der Waals surface area contributed by atoms with Crippen LogP contribution in [0.2, 0.25) is 15.1 Å². The molecule has 2 amide bonds.